The molecule has 1 amide bonds. The fourth-order valence-corrected chi connectivity index (χ4v) is 6.30. The lowest BCUT2D eigenvalue weighted by Gasteiger charge is -2.40. The van der Waals surface area contributed by atoms with Crippen LogP contribution in [-0.4, -0.2) is 86.3 Å². The molecule has 0 atom stereocenters. The van der Waals surface area contributed by atoms with Crippen molar-refractivity contribution in [3.8, 4) is 0 Å². The van der Waals surface area contributed by atoms with Gasteiger partial charge in [0.15, 0.2) is 0 Å². The van der Waals surface area contributed by atoms with Gasteiger partial charge >= 0.3 is 0 Å². The molecule has 4 fully saturated rings. The van der Waals surface area contributed by atoms with Crippen LogP contribution in [0.3, 0.4) is 0 Å². The first-order valence-electron chi connectivity index (χ1n) is 12.6. The number of rotatable bonds is 5. The normalized spacial score (nSPS) is 23.9. The van der Waals surface area contributed by atoms with Gasteiger partial charge in [0.1, 0.15) is 11.5 Å². The summed E-state index contributed by atoms with van der Waals surface area (Å²) in [5.41, 5.74) is 1.08. The van der Waals surface area contributed by atoms with E-state index in [9.17, 15) is 18.4 Å². The van der Waals surface area contributed by atoms with Gasteiger partial charge in [0.05, 0.1) is 46.3 Å². The number of piperidine rings is 1. The zero-order valence-corrected chi connectivity index (χ0v) is 20.6. The van der Waals surface area contributed by atoms with E-state index in [-0.39, 0.29) is 22.1 Å². The largest absolute Gasteiger partial charge is 0.371 e. The maximum Gasteiger partial charge on any atom is 0.268 e. The second kappa shape index (κ2) is 8.93. The Morgan fingerprint density at radius 3 is 2.55 bits per heavy atom. The maximum absolute atomic E-state index is 14.8. The van der Waals surface area contributed by atoms with Crippen LogP contribution < -0.4 is 15.8 Å². The topological polar surface area (TPSA) is 94.2 Å². The Balaban J connectivity index is 1.11. The van der Waals surface area contributed by atoms with Crippen molar-refractivity contribution in [1.82, 2.24) is 25.2 Å². The fourth-order valence-electron chi connectivity index (χ4n) is 6.30. The predicted molar refractivity (Wildman–Crippen MR) is 141 cm³/mol. The molecule has 8 nitrogen and oxygen atoms in total. The Labute approximate surface area is 221 Å². The van der Waals surface area contributed by atoms with Gasteiger partial charge in [-0.3, -0.25) is 19.5 Å². The molecule has 3 aliphatic heterocycles. The van der Waals surface area contributed by atoms with Crippen LogP contribution in [0, 0.1) is 11.8 Å². The van der Waals surface area contributed by atoms with E-state index in [1.165, 1.54) is 18.2 Å². The van der Waals surface area contributed by atoms with Gasteiger partial charge in [-0.1, -0.05) is 5.24 Å². The molecule has 188 valence electrons. The number of anilines is 1. The summed E-state index contributed by atoms with van der Waals surface area (Å²) in [6, 6.07) is 6.81. The van der Waals surface area contributed by atoms with Crippen LogP contribution in [-0.2, 0) is 5.41 Å². The van der Waals surface area contributed by atoms with E-state index in [0.717, 1.165) is 44.1 Å². The number of halogens is 2. The zero-order chi connectivity index (χ0) is 26.8. The van der Waals surface area contributed by atoms with Gasteiger partial charge in [-0.15, -0.1) is 0 Å². The summed E-state index contributed by atoms with van der Waals surface area (Å²) in [4.78, 5) is 40.0. The Morgan fingerprint density at radius 2 is 1.87 bits per heavy atom. The van der Waals surface area contributed by atoms with Crippen molar-refractivity contribution in [2.75, 3.05) is 24.5 Å². The lowest BCUT2D eigenvalue weighted by Crippen LogP contribution is -2.50. The van der Waals surface area contributed by atoms with Crippen LogP contribution in [0.4, 0.5) is 14.5 Å². The number of aromatic amines is 1. The highest BCUT2D eigenvalue weighted by atomic mass is 19.1. The van der Waals surface area contributed by atoms with Gasteiger partial charge in [0.2, 0.25) is 5.95 Å². The number of nitrogens with one attached hydrogen (secondary N) is 2. The van der Waals surface area contributed by atoms with Crippen LogP contribution in [0.15, 0.2) is 35.3 Å². The number of hydrogen-bond donors (Lipinski definition) is 2. The molecule has 0 spiro atoms. The standard InChI is InChI=1S/C25H23B3F2N6O2/c26-25(27,28)34-23(38)17-1-2-19(21(30)32-17)35-5-3-14(4-6-35)36-12-24(9-15(36)10-24)20-8-18-16(22(37)33-20)7-13(29)11-31-18/h1-2,7-8,11,14-15H,3-6,9-10,12H2,(H,33,37)(H,34,38). The smallest absolute Gasteiger partial charge is 0.268 e. The van der Waals surface area contributed by atoms with Crippen molar-refractivity contribution in [2.45, 2.75) is 48.4 Å². The minimum atomic E-state index is -1.93. The molecule has 38 heavy (non-hydrogen) atoms. The monoisotopic (exact) mass is 510 g/mol. The van der Waals surface area contributed by atoms with E-state index in [1.807, 2.05) is 11.0 Å². The van der Waals surface area contributed by atoms with Gasteiger partial charge in [-0.05, 0) is 49.9 Å². The second-order valence-corrected chi connectivity index (χ2v) is 10.7. The molecular weight excluding hydrogens is 487 g/mol. The third-order valence-electron chi connectivity index (χ3n) is 8.10. The van der Waals surface area contributed by atoms with Gasteiger partial charge in [0, 0.05) is 42.8 Å². The summed E-state index contributed by atoms with van der Waals surface area (Å²) in [6.07, 6.45) is 4.73. The van der Waals surface area contributed by atoms with E-state index < -0.39 is 22.9 Å². The molecule has 3 aromatic rings. The average molecular weight is 510 g/mol. The molecule has 6 heterocycles. The first kappa shape index (κ1) is 25.1. The molecule has 3 saturated heterocycles. The Morgan fingerprint density at radius 1 is 1.13 bits per heavy atom. The molecule has 6 radical (unpaired) electrons. The Hall–Kier alpha value is -3.21. The summed E-state index contributed by atoms with van der Waals surface area (Å²) < 4.78 is 28.3. The van der Waals surface area contributed by atoms with Crippen LogP contribution in [0.2, 0.25) is 0 Å². The van der Waals surface area contributed by atoms with Gasteiger partial charge in [0.25, 0.3) is 11.5 Å². The minimum absolute atomic E-state index is 0.133. The number of H-pyrrole nitrogens is 1. The van der Waals surface area contributed by atoms with E-state index in [1.54, 1.807) is 0 Å². The number of nitrogens with zero attached hydrogens (tertiary/aromatic N) is 4. The van der Waals surface area contributed by atoms with Crippen molar-refractivity contribution in [3.05, 3.63) is 64.0 Å². The number of carbonyl (C=O) groups is 1. The molecule has 3 aromatic heterocycles. The van der Waals surface area contributed by atoms with Gasteiger partial charge < -0.3 is 15.2 Å². The molecule has 2 N–H and O–H groups in total. The molecular formula is C25H23B3F2N6O2. The van der Waals surface area contributed by atoms with Crippen molar-refractivity contribution in [3.63, 3.8) is 0 Å². The van der Waals surface area contributed by atoms with Gasteiger partial charge in [-0.25, -0.2) is 9.37 Å². The number of pyridine rings is 3. The quantitative estimate of drug-likeness (QED) is 0.391. The third-order valence-corrected chi connectivity index (χ3v) is 8.10. The van der Waals surface area contributed by atoms with Crippen molar-refractivity contribution in [2.24, 2.45) is 0 Å². The summed E-state index contributed by atoms with van der Waals surface area (Å²) in [6.45, 7) is 2.12. The van der Waals surface area contributed by atoms with Crippen LogP contribution in [0.25, 0.3) is 10.9 Å². The molecule has 4 aliphatic rings. The highest BCUT2D eigenvalue weighted by Gasteiger charge is 2.58. The summed E-state index contributed by atoms with van der Waals surface area (Å²) in [5, 5.41) is 0.472. The molecule has 7 rings (SSSR count). The fraction of sp³-hybridized carbons (Fsp3) is 0.440. The Kier molecular flexibility index (Phi) is 5.90. The number of amides is 1. The lowest BCUT2D eigenvalue weighted by atomic mass is 9.49. The maximum atomic E-state index is 14.8. The minimum Gasteiger partial charge on any atom is -0.371 e. The second-order valence-electron chi connectivity index (χ2n) is 10.7. The molecule has 1 saturated carbocycles. The molecule has 0 aromatic carbocycles. The summed E-state index contributed by atoms with van der Waals surface area (Å²) in [5.74, 6) is -2.04. The first-order chi connectivity index (χ1) is 18.0. The van der Waals surface area contributed by atoms with Crippen LogP contribution >= 0.6 is 0 Å². The van der Waals surface area contributed by atoms with Crippen molar-refractivity contribution < 1.29 is 13.6 Å². The predicted octanol–water partition coefficient (Wildman–Crippen LogP) is 0.828. The number of hydrogen-bond acceptors (Lipinski definition) is 6. The molecule has 13 heteroatoms. The molecule has 0 unspecified atom stereocenters. The summed E-state index contributed by atoms with van der Waals surface area (Å²) in [7, 11) is 16.1. The molecule has 2 bridgehead atoms. The van der Waals surface area contributed by atoms with E-state index >= 15 is 0 Å². The van der Waals surface area contributed by atoms with Crippen LogP contribution in [0.5, 0.6) is 0 Å². The SMILES string of the molecule is [B]C([B])([B])NC(=O)c1ccc(N2CCC(N3CC4(c5cc6ncc(F)cc6c(=O)[nH]5)CC3C4)CC2)c(F)n1. The van der Waals surface area contributed by atoms with Crippen LogP contribution in [0.1, 0.15) is 41.9 Å². The van der Waals surface area contributed by atoms with Crippen molar-refractivity contribution in [1.29, 1.82) is 0 Å². The van der Waals surface area contributed by atoms with Crippen molar-refractivity contribution >= 4 is 46.0 Å². The first-order valence-corrected chi connectivity index (χ1v) is 12.6. The van der Waals surface area contributed by atoms with E-state index in [4.69, 9.17) is 23.5 Å². The number of carbonyl (C=O) groups excluding carboxylic acids is 1. The zero-order valence-electron chi connectivity index (χ0n) is 20.6. The lowest BCUT2D eigenvalue weighted by molar-refractivity contribution is 0.0946. The molecule has 1 aliphatic carbocycles. The highest BCUT2D eigenvalue weighted by molar-refractivity contribution is 6.60. The van der Waals surface area contributed by atoms with Gasteiger partial charge in [-0.2, -0.15) is 4.39 Å². The average Bonchev–Trinajstić information content (AvgIpc) is 3.41. The number of fused-ring (bicyclic) bond motifs is 2. The summed E-state index contributed by atoms with van der Waals surface area (Å²) >= 11 is 0. The highest BCUT2D eigenvalue weighted by Crippen LogP contribution is 2.54. The third kappa shape index (κ3) is 4.40. The van der Waals surface area contributed by atoms with E-state index in [0.29, 0.717) is 36.4 Å². The Bertz CT molecular complexity index is 1480. The number of aromatic nitrogens is 3. The van der Waals surface area contributed by atoms with E-state index in [2.05, 4.69) is 25.2 Å².